The number of anilines is 1. The van der Waals surface area contributed by atoms with Gasteiger partial charge in [-0.25, -0.2) is 9.78 Å². The van der Waals surface area contributed by atoms with E-state index in [0.29, 0.717) is 6.54 Å². The number of nitrogens with one attached hydrogen (secondary N) is 2. The largest absolute Gasteiger partial charge is 0.394 e. The smallest absolute Gasteiger partial charge is 0.315 e. The van der Waals surface area contributed by atoms with Gasteiger partial charge < -0.3 is 20.6 Å². The molecule has 0 bridgehead atoms. The Bertz CT molecular complexity index is 532. The number of amides is 2. The monoisotopic (exact) mass is 334 g/mol. The highest BCUT2D eigenvalue weighted by molar-refractivity contribution is 5.74. The molecule has 134 valence electrons. The lowest BCUT2D eigenvalue weighted by Gasteiger charge is -2.29. The van der Waals surface area contributed by atoms with Crippen LogP contribution in [0.1, 0.15) is 51.5 Å². The van der Waals surface area contributed by atoms with Crippen molar-refractivity contribution in [2.24, 2.45) is 0 Å². The van der Waals surface area contributed by atoms with Gasteiger partial charge in [-0.15, -0.1) is 0 Å². The highest BCUT2D eigenvalue weighted by Gasteiger charge is 2.24. The molecule has 0 aliphatic carbocycles. The van der Waals surface area contributed by atoms with E-state index in [1.54, 1.807) is 6.20 Å². The lowest BCUT2D eigenvalue weighted by molar-refractivity contribution is 0.163. The molecule has 1 saturated heterocycles. The van der Waals surface area contributed by atoms with Crippen molar-refractivity contribution in [1.82, 2.24) is 15.6 Å². The second-order valence-electron chi connectivity index (χ2n) is 6.85. The molecule has 0 radical (unpaired) electrons. The number of carbonyl (C=O) groups excluding carboxylic acids is 1. The maximum absolute atomic E-state index is 12.1. The van der Waals surface area contributed by atoms with Crippen LogP contribution in [0, 0.1) is 0 Å². The number of hydrogen-bond acceptors (Lipinski definition) is 4. The van der Waals surface area contributed by atoms with Crippen molar-refractivity contribution in [2.75, 3.05) is 24.6 Å². The topological polar surface area (TPSA) is 77.5 Å². The number of aliphatic hydroxyl groups is 1. The highest BCUT2D eigenvalue weighted by atomic mass is 16.3. The molecule has 1 aromatic rings. The summed E-state index contributed by atoms with van der Waals surface area (Å²) in [4.78, 5) is 18.8. The van der Waals surface area contributed by atoms with Gasteiger partial charge in [0.15, 0.2) is 0 Å². The van der Waals surface area contributed by atoms with Gasteiger partial charge in [-0.05, 0) is 50.3 Å². The number of nitrogens with zero attached hydrogens (tertiary/aromatic N) is 2. The summed E-state index contributed by atoms with van der Waals surface area (Å²) in [5.41, 5.74) is 0.456. The average molecular weight is 334 g/mol. The molecule has 1 atom stereocenters. The Morgan fingerprint density at radius 2 is 2.12 bits per heavy atom. The number of hydrogen-bond donors (Lipinski definition) is 3. The van der Waals surface area contributed by atoms with Crippen molar-refractivity contribution in [3.05, 3.63) is 23.9 Å². The first-order chi connectivity index (χ1) is 11.6. The maximum atomic E-state index is 12.1. The lowest BCUT2D eigenvalue weighted by atomic mass is 9.98. The van der Waals surface area contributed by atoms with Crippen LogP contribution in [0.2, 0.25) is 0 Å². The molecule has 6 heteroatoms. The third kappa shape index (κ3) is 5.37. The quantitative estimate of drug-likeness (QED) is 0.716. The molecule has 0 aromatic carbocycles. The van der Waals surface area contributed by atoms with E-state index >= 15 is 0 Å². The Kier molecular flexibility index (Phi) is 6.85. The average Bonchev–Trinajstić information content (AvgIpc) is 2.61. The summed E-state index contributed by atoms with van der Waals surface area (Å²) >= 11 is 0. The van der Waals surface area contributed by atoms with Crippen molar-refractivity contribution >= 4 is 11.8 Å². The fraction of sp³-hybridized carbons (Fsp3) is 0.667. The fourth-order valence-corrected chi connectivity index (χ4v) is 3.10. The van der Waals surface area contributed by atoms with Crippen molar-refractivity contribution < 1.29 is 9.90 Å². The minimum absolute atomic E-state index is 0.0668. The van der Waals surface area contributed by atoms with Crippen LogP contribution in [-0.4, -0.2) is 41.4 Å². The van der Waals surface area contributed by atoms with Crippen molar-refractivity contribution in [1.29, 1.82) is 0 Å². The molecule has 1 aromatic heterocycles. The van der Waals surface area contributed by atoms with Crippen LogP contribution in [0.15, 0.2) is 18.3 Å². The van der Waals surface area contributed by atoms with Gasteiger partial charge >= 0.3 is 6.03 Å². The van der Waals surface area contributed by atoms with E-state index in [0.717, 1.165) is 37.3 Å². The Morgan fingerprint density at radius 1 is 1.38 bits per heavy atom. The van der Waals surface area contributed by atoms with E-state index in [1.165, 1.54) is 19.3 Å². The van der Waals surface area contributed by atoms with Gasteiger partial charge in [-0.2, -0.15) is 0 Å². The van der Waals surface area contributed by atoms with Crippen LogP contribution in [0.3, 0.4) is 0 Å². The predicted octanol–water partition coefficient (Wildman–Crippen LogP) is 2.42. The van der Waals surface area contributed by atoms with Gasteiger partial charge in [-0.3, -0.25) is 0 Å². The molecule has 2 amide bonds. The molecular weight excluding hydrogens is 304 g/mol. The van der Waals surface area contributed by atoms with Gasteiger partial charge in [0.1, 0.15) is 5.82 Å². The minimum atomic E-state index is -0.573. The van der Waals surface area contributed by atoms with Crippen molar-refractivity contribution in [2.45, 2.75) is 58.0 Å². The number of piperidine rings is 1. The molecule has 3 N–H and O–H groups in total. The van der Waals surface area contributed by atoms with Crippen LogP contribution in [0.5, 0.6) is 0 Å². The standard InChI is InChI=1S/C18H30N4O2/c1-3-8-18(2,14-23)21-17(24)20-13-15-7-9-19-16(12-15)22-10-5-4-6-11-22/h7,9,12,23H,3-6,8,10-11,13-14H2,1-2H3,(H2,20,21,24). The van der Waals surface area contributed by atoms with Crippen molar-refractivity contribution in [3.8, 4) is 0 Å². The number of urea groups is 1. The van der Waals surface area contributed by atoms with Crippen molar-refractivity contribution in [3.63, 3.8) is 0 Å². The first-order valence-electron chi connectivity index (χ1n) is 8.93. The molecule has 1 aliphatic rings. The first kappa shape index (κ1) is 18.5. The number of aliphatic hydroxyl groups excluding tert-OH is 1. The maximum Gasteiger partial charge on any atom is 0.315 e. The molecule has 2 rings (SSSR count). The summed E-state index contributed by atoms with van der Waals surface area (Å²) < 4.78 is 0. The molecule has 2 heterocycles. The zero-order valence-corrected chi connectivity index (χ0v) is 14.8. The second-order valence-corrected chi connectivity index (χ2v) is 6.85. The van der Waals surface area contributed by atoms with E-state index in [4.69, 9.17) is 0 Å². The van der Waals surface area contributed by atoms with Gasteiger partial charge in [0.2, 0.25) is 0 Å². The van der Waals surface area contributed by atoms with Crippen LogP contribution in [0.25, 0.3) is 0 Å². The van der Waals surface area contributed by atoms with E-state index < -0.39 is 5.54 Å². The third-order valence-electron chi connectivity index (χ3n) is 4.51. The number of aromatic nitrogens is 1. The summed E-state index contributed by atoms with van der Waals surface area (Å²) in [7, 11) is 0. The lowest BCUT2D eigenvalue weighted by Crippen LogP contribution is -2.52. The van der Waals surface area contributed by atoms with Gasteiger partial charge in [0.25, 0.3) is 0 Å². The van der Waals surface area contributed by atoms with Crippen LogP contribution < -0.4 is 15.5 Å². The first-order valence-corrected chi connectivity index (χ1v) is 8.93. The normalized spacial score (nSPS) is 17.2. The summed E-state index contributed by atoms with van der Waals surface area (Å²) in [6, 6.07) is 3.71. The molecule has 0 spiro atoms. The van der Waals surface area contributed by atoms with Gasteiger partial charge in [-0.1, -0.05) is 13.3 Å². The molecule has 1 aliphatic heterocycles. The molecule has 6 nitrogen and oxygen atoms in total. The van der Waals surface area contributed by atoms with Crippen LogP contribution in [-0.2, 0) is 6.54 Å². The number of pyridine rings is 1. The highest BCUT2D eigenvalue weighted by Crippen LogP contribution is 2.18. The minimum Gasteiger partial charge on any atom is -0.394 e. The van der Waals surface area contributed by atoms with E-state index in [2.05, 4.69) is 20.5 Å². The number of rotatable bonds is 7. The SMILES string of the molecule is CCCC(C)(CO)NC(=O)NCc1ccnc(N2CCCCC2)c1. The molecular formula is C18H30N4O2. The Hall–Kier alpha value is -1.82. The van der Waals surface area contributed by atoms with Gasteiger partial charge in [0.05, 0.1) is 12.1 Å². The summed E-state index contributed by atoms with van der Waals surface area (Å²) in [5, 5.41) is 15.2. The van der Waals surface area contributed by atoms with E-state index in [-0.39, 0.29) is 12.6 Å². The Morgan fingerprint density at radius 3 is 2.79 bits per heavy atom. The zero-order chi connectivity index (χ0) is 17.4. The Balaban J connectivity index is 1.88. The second kappa shape index (κ2) is 8.87. The molecule has 0 saturated carbocycles. The van der Waals surface area contributed by atoms with Crippen LogP contribution >= 0.6 is 0 Å². The van der Waals surface area contributed by atoms with E-state index in [9.17, 15) is 9.90 Å². The van der Waals surface area contributed by atoms with Crippen LogP contribution in [0.4, 0.5) is 10.6 Å². The zero-order valence-electron chi connectivity index (χ0n) is 14.8. The molecule has 1 fully saturated rings. The predicted molar refractivity (Wildman–Crippen MR) is 96.1 cm³/mol. The number of carbonyl (C=O) groups is 1. The van der Waals surface area contributed by atoms with Gasteiger partial charge in [0, 0.05) is 25.8 Å². The molecule has 24 heavy (non-hydrogen) atoms. The Labute approximate surface area is 144 Å². The molecule has 1 unspecified atom stereocenters. The summed E-state index contributed by atoms with van der Waals surface area (Å²) in [5.74, 6) is 0.987. The van der Waals surface area contributed by atoms with E-state index in [1.807, 2.05) is 26.0 Å². The summed E-state index contributed by atoms with van der Waals surface area (Å²) in [6.07, 6.45) is 7.16. The summed E-state index contributed by atoms with van der Waals surface area (Å²) in [6.45, 7) is 6.38. The third-order valence-corrected chi connectivity index (χ3v) is 4.51. The fourth-order valence-electron chi connectivity index (χ4n) is 3.10.